The second-order valence-electron chi connectivity index (χ2n) is 5.60. The minimum Gasteiger partial charge on any atom is -0.294 e. The summed E-state index contributed by atoms with van der Waals surface area (Å²) in [6.45, 7) is 5.55. The number of nitrogens with zero attached hydrogens (tertiary/aromatic N) is 1. The van der Waals surface area contributed by atoms with E-state index in [1.165, 1.54) is 10.4 Å². The fourth-order valence-corrected chi connectivity index (χ4v) is 3.68. The summed E-state index contributed by atoms with van der Waals surface area (Å²) < 4.78 is 1.10. The monoisotopic (exact) mass is 365 g/mol. The maximum atomic E-state index is 12.3. The number of halogens is 1. The third-order valence-electron chi connectivity index (χ3n) is 3.36. The molecule has 1 heterocycles. The van der Waals surface area contributed by atoms with Crippen molar-refractivity contribution in [1.82, 2.24) is 4.90 Å². The van der Waals surface area contributed by atoms with Gasteiger partial charge in [0.2, 0.25) is 0 Å². The van der Waals surface area contributed by atoms with Crippen LogP contribution in [0, 0.1) is 0 Å². The summed E-state index contributed by atoms with van der Waals surface area (Å²) in [6.07, 6.45) is 0. The molecule has 0 aliphatic rings. The molecule has 0 aliphatic heterocycles. The second-order valence-corrected chi connectivity index (χ2v) is 7.51. The van der Waals surface area contributed by atoms with Crippen molar-refractivity contribution in [1.29, 1.82) is 0 Å². The Bertz CT molecular complexity index is 604. The molecule has 0 atom stereocenters. The zero-order valence-electron chi connectivity index (χ0n) is 12.6. The molecule has 1 aromatic heterocycles. The standard InChI is InChI=1S/C17H20BrNOS/c1-12(2)13-4-6-14(7-5-13)17(20)10-19(3)9-16-8-15(18)11-21-16/h4-8,11-12H,9-10H2,1-3H3. The highest BCUT2D eigenvalue weighted by Crippen LogP contribution is 2.21. The Morgan fingerprint density at radius 2 is 1.95 bits per heavy atom. The first-order valence-electron chi connectivity index (χ1n) is 7.00. The molecule has 0 aliphatic carbocycles. The Kier molecular flexibility index (Phi) is 5.73. The predicted molar refractivity (Wildman–Crippen MR) is 93.2 cm³/mol. The number of hydrogen-bond donors (Lipinski definition) is 0. The van der Waals surface area contributed by atoms with E-state index in [9.17, 15) is 4.79 Å². The van der Waals surface area contributed by atoms with Crippen molar-refractivity contribution in [3.8, 4) is 0 Å². The highest BCUT2D eigenvalue weighted by molar-refractivity contribution is 9.10. The van der Waals surface area contributed by atoms with Gasteiger partial charge < -0.3 is 0 Å². The van der Waals surface area contributed by atoms with Gasteiger partial charge in [-0.15, -0.1) is 11.3 Å². The molecule has 21 heavy (non-hydrogen) atoms. The number of carbonyl (C=O) groups is 1. The van der Waals surface area contributed by atoms with E-state index in [2.05, 4.69) is 46.1 Å². The van der Waals surface area contributed by atoms with E-state index < -0.39 is 0 Å². The van der Waals surface area contributed by atoms with Crippen LogP contribution in [0.4, 0.5) is 0 Å². The fourth-order valence-electron chi connectivity index (χ4n) is 2.15. The van der Waals surface area contributed by atoms with Gasteiger partial charge in [0, 0.05) is 26.8 Å². The van der Waals surface area contributed by atoms with E-state index in [1.54, 1.807) is 11.3 Å². The van der Waals surface area contributed by atoms with Gasteiger partial charge in [0.15, 0.2) is 5.78 Å². The van der Waals surface area contributed by atoms with E-state index in [1.807, 2.05) is 31.3 Å². The zero-order valence-corrected chi connectivity index (χ0v) is 15.0. The van der Waals surface area contributed by atoms with Crippen LogP contribution in [0.25, 0.3) is 0 Å². The molecule has 0 N–H and O–H groups in total. The van der Waals surface area contributed by atoms with Crippen LogP contribution < -0.4 is 0 Å². The third-order valence-corrected chi connectivity index (χ3v) is 5.04. The smallest absolute Gasteiger partial charge is 0.176 e. The SMILES string of the molecule is CC(C)c1ccc(C(=O)CN(C)Cc2cc(Br)cs2)cc1. The predicted octanol–water partition coefficient (Wildman–Crippen LogP) is 4.95. The number of hydrogen-bond acceptors (Lipinski definition) is 3. The number of benzene rings is 1. The molecule has 0 saturated heterocycles. The van der Waals surface area contributed by atoms with Crippen LogP contribution >= 0.6 is 27.3 Å². The molecule has 0 fully saturated rings. The summed E-state index contributed by atoms with van der Waals surface area (Å²) in [5, 5.41) is 2.07. The van der Waals surface area contributed by atoms with Gasteiger partial charge in [-0.2, -0.15) is 0 Å². The number of carbonyl (C=O) groups excluding carboxylic acids is 1. The molecule has 1 aromatic carbocycles. The Hall–Kier alpha value is -0.970. The fraction of sp³-hybridized carbons (Fsp3) is 0.353. The van der Waals surface area contributed by atoms with Crippen molar-refractivity contribution < 1.29 is 4.79 Å². The number of ketones is 1. The van der Waals surface area contributed by atoms with Gasteiger partial charge in [-0.05, 0) is 40.5 Å². The third kappa shape index (κ3) is 4.77. The van der Waals surface area contributed by atoms with E-state index in [4.69, 9.17) is 0 Å². The lowest BCUT2D eigenvalue weighted by Gasteiger charge is -2.15. The quantitative estimate of drug-likeness (QED) is 0.675. The molecule has 0 amide bonds. The van der Waals surface area contributed by atoms with Gasteiger partial charge in [0.05, 0.1) is 6.54 Å². The Morgan fingerprint density at radius 3 is 2.48 bits per heavy atom. The molecule has 2 nitrogen and oxygen atoms in total. The van der Waals surface area contributed by atoms with E-state index in [0.29, 0.717) is 12.5 Å². The molecule has 0 unspecified atom stereocenters. The first kappa shape index (κ1) is 16.4. The molecule has 112 valence electrons. The molecule has 0 bridgehead atoms. The van der Waals surface area contributed by atoms with Crippen molar-refractivity contribution >= 4 is 33.0 Å². The molecule has 0 saturated carbocycles. The van der Waals surface area contributed by atoms with Crippen molar-refractivity contribution in [2.24, 2.45) is 0 Å². The van der Waals surface area contributed by atoms with Crippen molar-refractivity contribution in [2.75, 3.05) is 13.6 Å². The lowest BCUT2D eigenvalue weighted by atomic mass is 10.0. The van der Waals surface area contributed by atoms with Gasteiger partial charge in [-0.1, -0.05) is 38.1 Å². The Balaban J connectivity index is 1.94. The minimum atomic E-state index is 0.170. The van der Waals surface area contributed by atoms with Crippen molar-refractivity contribution in [3.05, 3.63) is 56.2 Å². The minimum absolute atomic E-state index is 0.170. The van der Waals surface area contributed by atoms with Crippen LogP contribution in [0.5, 0.6) is 0 Å². The van der Waals surface area contributed by atoms with Gasteiger partial charge in [-0.3, -0.25) is 9.69 Å². The van der Waals surface area contributed by atoms with Gasteiger partial charge in [0.25, 0.3) is 0 Å². The topological polar surface area (TPSA) is 20.3 Å². The molecule has 0 radical (unpaired) electrons. The molecular weight excluding hydrogens is 346 g/mol. The first-order valence-corrected chi connectivity index (χ1v) is 8.67. The van der Waals surface area contributed by atoms with Crippen LogP contribution in [0.2, 0.25) is 0 Å². The molecule has 2 rings (SSSR count). The normalized spacial score (nSPS) is 11.3. The summed E-state index contributed by atoms with van der Waals surface area (Å²) >= 11 is 5.16. The Morgan fingerprint density at radius 1 is 1.29 bits per heavy atom. The molecule has 0 spiro atoms. The maximum Gasteiger partial charge on any atom is 0.176 e. The van der Waals surface area contributed by atoms with Crippen LogP contribution in [0.15, 0.2) is 40.2 Å². The average Bonchev–Trinajstić information content (AvgIpc) is 2.83. The summed E-state index contributed by atoms with van der Waals surface area (Å²) in [5.41, 5.74) is 2.06. The van der Waals surface area contributed by atoms with Crippen LogP contribution in [0.3, 0.4) is 0 Å². The zero-order chi connectivity index (χ0) is 15.4. The lowest BCUT2D eigenvalue weighted by Crippen LogP contribution is -2.25. The number of likely N-dealkylation sites (N-methyl/N-ethyl adjacent to an activating group) is 1. The van der Waals surface area contributed by atoms with E-state index in [-0.39, 0.29) is 5.78 Å². The van der Waals surface area contributed by atoms with Crippen LogP contribution in [-0.4, -0.2) is 24.3 Å². The summed E-state index contributed by atoms with van der Waals surface area (Å²) in [7, 11) is 1.98. The van der Waals surface area contributed by atoms with Crippen LogP contribution in [-0.2, 0) is 6.54 Å². The van der Waals surface area contributed by atoms with Gasteiger partial charge in [0.1, 0.15) is 0 Å². The van der Waals surface area contributed by atoms with Crippen molar-refractivity contribution in [2.45, 2.75) is 26.3 Å². The summed E-state index contributed by atoms with van der Waals surface area (Å²) in [6, 6.07) is 10.1. The first-order chi connectivity index (χ1) is 9.95. The Labute approximate surface area is 138 Å². The molecule has 4 heteroatoms. The van der Waals surface area contributed by atoms with Crippen molar-refractivity contribution in [3.63, 3.8) is 0 Å². The largest absolute Gasteiger partial charge is 0.294 e. The lowest BCUT2D eigenvalue weighted by molar-refractivity contribution is 0.0943. The number of rotatable bonds is 6. The van der Waals surface area contributed by atoms with Gasteiger partial charge in [-0.25, -0.2) is 0 Å². The van der Waals surface area contributed by atoms with E-state index >= 15 is 0 Å². The summed E-state index contributed by atoms with van der Waals surface area (Å²) in [5.74, 6) is 0.664. The molecular formula is C17H20BrNOS. The van der Waals surface area contributed by atoms with E-state index in [0.717, 1.165) is 16.6 Å². The summed E-state index contributed by atoms with van der Waals surface area (Å²) in [4.78, 5) is 15.6. The highest BCUT2D eigenvalue weighted by atomic mass is 79.9. The maximum absolute atomic E-state index is 12.3. The number of thiophene rings is 1. The molecule has 2 aromatic rings. The average molecular weight is 366 g/mol. The van der Waals surface area contributed by atoms with Crippen LogP contribution in [0.1, 0.15) is 40.6 Å². The highest BCUT2D eigenvalue weighted by Gasteiger charge is 2.11. The number of Topliss-reactive ketones (excluding diaryl/α,β-unsaturated/α-hetero) is 1. The van der Waals surface area contributed by atoms with Gasteiger partial charge >= 0.3 is 0 Å². The second kappa shape index (κ2) is 7.34.